The van der Waals surface area contributed by atoms with E-state index in [0.29, 0.717) is 0 Å². The highest BCUT2D eigenvalue weighted by molar-refractivity contribution is 7.89. The van der Waals surface area contributed by atoms with E-state index in [4.69, 9.17) is 5.11 Å². The molecule has 0 aliphatic rings. The van der Waals surface area contributed by atoms with Crippen LogP contribution in [0.25, 0.3) is 0 Å². The Kier molecular flexibility index (Phi) is 2.14. The molecule has 0 saturated carbocycles. The summed E-state index contributed by atoms with van der Waals surface area (Å²) in [6.07, 6.45) is 0.843. The van der Waals surface area contributed by atoms with E-state index in [2.05, 4.69) is 11.7 Å². The lowest BCUT2D eigenvalue weighted by molar-refractivity contribution is 0.294. The minimum Gasteiger partial charge on any atom is -0.373 e. The molecule has 0 saturated heterocycles. The summed E-state index contributed by atoms with van der Waals surface area (Å²) in [5.74, 6) is 0. The fraction of sp³-hybridized carbons (Fsp3) is 0.333. The Bertz CT molecular complexity index is 171. The molecule has 0 fully saturated rings. The van der Waals surface area contributed by atoms with E-state index < -0.39 is 15.5 Å². The number of sulfonamides is 1. The predicted octanol–water partition coefficient (Wildman–Crippen LogP) is -1.22. The molecule has 0 aliphatic heterocycles. The van der Waals surface area contributed by atoms with Crippen LogP contribution in [0.5, 0.6) is 0 Å². The van der Waals surface area contributed by atoms with E-state index >= 15 is 0 Å². The maximum atomic E-state index is 10.0. The van der Waals surface area contributed by atoms with Crippen molar-refractivity contribution in [2.75, 3.05) is 0 Å². The van der Waals surface area contributed by atoms with Crippen LogP contribution in [-0.2, 0) is 10.0 Å². The van der Waals surface area contributed by atoms with E-state index in [0.717, 1.165) is 6.08 Å². The lowest BCUT2D eigenvalue weighted by Gasteiger charge is -1.97. The topological polar surface area (TPSA) is 80.4 Å². The quantitative estimate of drug-likeness (QED) is 0.468. The molecule has 8 heavy (non-hydrogen) atoms. The fourth-order valence-electron chi connectivity index (χ4n) is 0.134. The summed E-state index contributed by atoms with van der Waals surface area (Å²) < 4.78 is 20.0. The molecule has 0 rings (SSSR count). The zero-order chi connectivity index (χ0) is 6.78. The van der Waals surface area contributed by atoms with Gasteiger partial charge in [0, 0.05) is 0 Å². The van der Waals surface area contributed by atoms with Crippen LogP contribution in [0, 0.1) is 0 Å². The third kappa shape index (κ3) is 2.06. The molecule has 0 heterocycles. The van der Waals surface area contributed by atoms with Gasteiger partial charge in [0.2, 0.25) is 10.0 Å². The molecule has 1 unspecified atom stereocenters. The highest BCUT2D eigenvalue weighted by atomic mass is 32.2. The van der Waals surface area contributed by atoms with Crippen molar-refractivity contribution in [2.24, 2.45) is 5.14 Å². The second-order valence-electron chi connectivity index (χ2n) is 1.22. The van der Waals surface area contributed by atoms with Crippen molar-refractivity contribution in [1.29, 1.82) is 0 Å². The molecular formula is C3H7NO3S. The number of rotatable bonds is 2. The van der Waals surface area contributed by atoms with E-state index in [1.807, 2.05) is 0 Å². The van der Waals surface area contributed by atoms with Gasteiger partial charge in [0.1, 0.15) is 0 Å². The van der Waals surface area contributed by atoms with Gasteiger partial charge in [-0.05, 0) is 6.08 Å². The Morgan fingerprint density at radius 2 is 2.12 bits per heavy atom. The van der Waals surface area contributed by atoms with Crippen LogP contribution in [-0.4, -0.2) is 19.0 Å². The number of nitrogens with two attached hydrogens (primary N) is 1. The lowest BCUT2D eigenvalue weighted by Crippen LogP contribution is -2.25. The molecule has 5 heteroatoms. The van der Waals surface area contributed by atoms with Crippen molar-refractivity contribution in [2.45, 2.75) is 5.44 Å². The maximum Gasteiger partial charge on any atom is 0.239 e. The molecule has 48 valence electrons. The van der Waals surface area contributed by atoms with Crippen LogP contribution in [0.1, 0.15) is 0 Å². The average molecular weight is 137 g/mol. The van der Waals surface area contributed by atoms with Crippen molar-refractivity contribution in [3.63, 3.8) is 0 Å². The summed E-state index contributed by atoms with van der Waals surface area (Å²) in [6, 6.07) is 0. The predicted molar refractivity (Wildman–Crippen MR) is 29.3 cm³/mol. The Hall–Kier alpha value is -0.390. The molecule has 0 aromatic heterocycles. The first-order valence-electron chi connectivity index (χ1n) is 1.80. The SMILES string of the molecule is C=CC(O)S(N)(=O)=O. The monoisotopic (exact) mass is 137 g/mol. The Morgan fingerprint density at radius 3 is 2.12 bits per heavy atom. The summed E-state index contributed by atoms with van der Waals surface area (Å²) >= 11 is 0. The molecule has 0 bridgehead atoms. The van der Waals surface area contributed by atoms with Crippen LogP contribution in [0.4, 0.5) is 0 Å². The molecule has 0 spiro atoms. The summed E-state index contributed by atoms with van der Waals surface area (Å²) in [6.45, 7) is 3.02. The smallest absolute Gasteiger partial charge is 0.239 e. The third-order valence-electron chi connectivity index (χ3n) is 0.538. The van der Waals surface area contributed by atoms with E-state index in [9.17, 15) is 8.42 Å². The Morgan fingerprint density at radius 1 is 1.75 bits per heavy atom. The first-order chi connectivity index (χ1) is 3.48. The van der Waals surface area contributed by atoms with Crippen molar-refractivity contribution in [3.05, 3.63) is 12.7 Å². The first-order valence-corrected chi connectivity index (χ1v) is 3.41. The second-order valence-corrected chi connectivity index (χ2v) is 2.88. The van der Waals surface area contributed by atoms with Gasteiger partial charge in [-0.1, -0.05) is 6.58 Å². The van der Waals surface area contributed by atoms with Gasteiger partial charge in [-0.2, -0.15) is 0 Å². The van der Waals surface area contributed by atoms with Crippen LogP contribution < -0.4 is 5.14 Å². The number of hydrogen-bond acceptors (Lipinski definition) is 3. The van der Waals surface area contributed by atoms with Crippen molar-refractivity contribution in [3.8, 4) is 0 Å². The van der Waals surface area contributed by atoms with Gasteiger partial charge in [0.15, 0.2) is 5.44 Å². The number of aliphatic hydroxyl groups excluding tert-OH is 1. The number of primary sulfonamides is 1. The fourth-order valence-corrected chi connectivity index (χ4v) is 0.402. The van der Waals surface area contributed by atoms with Crippen LogP contribution in [0.2, 0.25) is 0 Å². The van der Waals surface area contributed by atoms with Gasteiger partial charge in [-0.25, -0.2) is 13.6 Å². The van der Waals surface area contributed by atoms with Gasteiger partial charge in [-0.3, -0.25) is 0 Å². The van der Waals surface area contributed by atoms with Gasteiger partial charge < -0.3 is 5.11 Å². The minimum absolute atomic E-state index is 0.843. The Balaban J connectivity index is 4.26. The van der Waals surface area contributed by atoms with Gasteiger partial charge >= 0.3 is 0 Å². The van der Waals surface area contributed by atoms with Crippen molar-refractivity contribution < 1.29 is 13.5 Å². The zero-order valence-corrected chi connectivity index (χ0v) is 4.93. The molecule has 4 nitrogen and oxygen atoms in total. The number of aliphatic hydroxyl groups is 1. The molecule has 0 aromatic rings. The average Bonchev–Trinajstić information content (AvgIpc) is 1.62. The molecule has 1 atom stereocenters. The second kappa shape index (κ2) is 2.25. The summed E-state index contributed by atoms with van der Waals surface area (Å²) in [5, 5.41) is 12.8. The van der Waals surface area contributed by atoms with Crippen LogP contribution in [0.3, 0.4) is 0 Å². The summed E-state index contributed by atoms with van der Waals surface area (Å²) in [7, 11) is -3.82. The van der Waals surface area contributed by atoms with E-state index in [-0.39, 0.29) is 0 Å². The highest BCUT2D eigenvalue weighted by Crippen LogP contribution is 1.88. The first kappa shape index (κ1) is 7.61. The summed E-state index contributed by atoms with van der Waals surface area (Å²) in [4.78, 5) is 0. The Labute approximate surface area is 47.7 Å². The number of hydrogen-bond donors (Lipinski definition) is 2. The standard InChI is InChI=1S/C3H7NO3S/c1-2-3(5)8(4,6)7/h2-3,5H,1H2,(H2,4,6,7). The summed E-state index contributed by atoms with van der Waals surface area (Å²) in [5.41, 5.74) is -1.64. The van der Waals surface area contributed by atoms with Crippen molar-refractivity contribution in [1.82, 2.24) is 0 Å². The normalized spacial score (nSPS) is 15.2. The van der Waals surface area contributed by atoms with E-state index in [1.54, 1.807) is 0 Å². The molecule has 0 aromatic carbocycles. The minimum atomic E-state index is -3.82. The van der Waals surface area contributed by atoms with E-state index in [1.165, 1.54) is 0 Å². The molecule has 0 amide bonds. The molecule has 0 radical (unpaired) electrons. The van der Waals surface area contributed by atoms with Gasteiger partial charge in [0.05, 0.1) is 0 Å². The van der Waals surface area contributed by atoms with Crippen LogP contribution in [0.15, 0.2) is 12.7 Å². The van der Waals surface area contributed by atoms with Crippen LogP contribution >= 0.6 is 0 Å². The lowest BCUT2D eigenvalue weighted by atomic mass is 10.7. The molecule has 3 N–H and O–H groups in total. The molecular weight excluding hydrogens is 130 g/mol. The molecule has 0 aliphatic carbocycles. The van der Waals surface area contributed by atoms with Gasteiger partial charge in [0.25, 0.3) is 0 Å². The van der Waals surface area contributed by atoms with Crippen molar-refractivity contribution >= 4 is 10.0 Å². The largest absolute Gasteiger partial charge is 0.373 e. The highest BCUT2D eigenvalue weighted by Gasteiger charge is 2.11. The van der Waals surface area contributed by atoms with Gasteiger partial charge in [-0.15, -0.1) is 0 Å². The third-order valence-corrected chi connectivity index (χ3v) is 1.40. The maximum absolute atomic E-state index is 10.0. The zero-order valence-electron chi connectivity index (χ0n) is 4.11.